The van der Waals surface area contributed by atoms with Crippen LogP contribution >= 0.6 is 15.9 Å². The molecule has 0 aliphatic carbocycles. The molecular formula is C17H21BrN2. The molecule has 0 fully saturated rings. The van der Waals surface area contributed by atoms with Crippen molar-refractivity contribution >= 4 is 27.3 Å². The Hall–Kier alpha value is -1.32. The van der Waals surface area contributed by atoms with Crippen molar-refractivity contribution in [2.75, 3.05) is 18.5 Å². The molecule has 0 bridgehead atoms. The summed E-state index contributed by atoms with van der Waals surface area (Å²) in [6, 6.07) is 15.1. The molecule has 0 atom stereocenters. The highest BCUT2D eigenvalue weighted by Gasteiger charge is 2.06. The van der Waals surface area contributed by atoms with Gasteiger partial charge < -0.3 is 10.2 Å². The molecule has 0 aliphatic rings. The Balaban J connectivity index is 2.20. The molecule has 0 amide bonds. The van der Waals surface area contributed by atoms with Crippen LogP contribution in [-0.4, -0.2) is 13.6 Å². The van der Waals surface area contributed by atoms with E-state index in [1.165, 1.54) is 22.5 Å². The number of nitrogens with one attached hydrogen (secondary N) is 1. The van der Waals surface area contributed by atoms with Crippen molar-refractivity contribution in [3.8, 4) is 0 Å². The molecule has 20 heavy (non-hydrogen) atoms. The van der Waals surface area contributed by atoms with Gasteiger partial charge in [-0.25, -0.2) is 0 Å². The molecule has 0 aromatic heterocycles. The number of nitrogens with zero attached hydrogens (tertiary/aromatic N) is 1. The van der Waals surface area contributed by atoms with E-state index >= 15 is 0 Å². The van der Waals surface area contributed by atoms with Crippen LogP contribution in [0.4, 0.5) is 11.4 Å². The van der Waals surface area contributed by atoms with Gasteiger partial charge in [0.25, 0.3) is 0 Å². The van der Waals surface area contributed by atoms with E-state index in [2.05, 4.69) is 89.5 Å². The third-order valence-electron chi connectivity index (χ3n) is 3.41. The van der Waals surface area contributed by atoms with Gasteiger partial charge in [0.2, 0.25) is 0 Å². The molecule has 106 valence electrons. The number of aryl methyl sites for hydroxylation is 1. The molecule has 2 nitrogen and oxygen atoms in total. The van der Waals surface area contributed by atoms with Crippen LogP contribution in [0.25, 0.3) is 0 Å². The number of halogens is 1. The minimum absolute atomic E-state index is 0.894. The average molecular weight is 333 g/mol. The summed E-state index contributed by atoms with van der Waals surface area (Å²) in [4.78, 5) is 2.20. The number of rotatable bonds is 5. The molecule has 0 aliphatic heterocycles. The van der Waals surface area contributed by atoms with E-state index in [1.54, 1.807) is 0 Å². The molecule has 0 heterocycles. The zero-order chi connectivity index (χ0) is 14.5. The van der Waals surface area contributed by atoms with Gasteiger partial charge in [-0.05, 0) is 43.3 Å². The molecular weight excluding hydrogens is 312 g/mol. The van der Waals surface area contributed by atoms with E-state index < -0.39 is 0 Å². The predicted molar refractivity (Wildman–Crippen MR) is 90.8 cm³/mol. The van der Waals surface area contributed by atoms with Gasteiger partial charge in [0.15, 0.2) is 0 Å². The van der Waals surface area contributed by atoms with E-state index in [0.717, 1.165) is 17.6 Å². The molecule has 1 N–H and O–H groups in total. The van der Waals surface area contributed by atoms with Crippen molar-refractivity contribution in [2.24, 2.45) is 0 Å². The summed E-state index contributed by atoms with van der Waals surface area (Å²) in [6.07, 6.45) is 0. The Morgan fingerprint density at radius 1 is 1.05 bits per heavy atom. The van der Waals surface area contributed by atoms with Crippen LogP contribution in [0.15, 0.2) is 46.9 Å². The van der Waals surface area contributed by atoms with Crippen molar-refractivity contribution in [3.05, 3.63) is 58.1 Å². The minimum Gasteiger partial charge on any atom is -0.345 e. The second-order valence-corrected chi connectivity index (χ2v) is 5.80. The summed E-state index contributed by atoms with van der Waals surface area (Å²) in [5.41, 5.74) is 4.94. The molecule has 2 rings (SSSR count). The van der Waals surface area contributed by atoms with Gasteiger partial charge in [-0.2, -0.15) is 0 Å². The normalized spacial score (nSPS) is 10.6. The molecule has 2 aromatic rings. The summed E-state index contributed by atoms with van der Waals surface area (Å²) in [5.74, 6) is 0. The highest BCUT2D eigenvalue weighted by atomic mass is 79.9. The van der Waals surface area contributed by atoms with Gasteiger partial charge >= 0.3 is 0 Å². The third kappa shape index (κ3) is 3.62. The predicted octanol–water partition coefficient (Wildman–Crippen LogP) is 4.63. The summed E-state index contributed by atoms with van der Waals surface area (Å²) >= 11 is 3.66. The Bertz CT molecular complexity index is 564. The van der Waals surface area contributed by atoms with Crippen LogP contribution < -0.4 is 10.2 Å². The fraction of sp³-hybridized carbons (Fsp3) is 0.294. The number of hydrogen-bond acceptors (Lipinski definition) is 2. The monoisotopic (exact) mass is 332 g/mol. The van der Waals surface area contributed by atoms with E-state index in [0.29, 0.717) is 0 Å². The van der Waals surface area contributed by atoms with Gasteiger partial charge in [0.05, 0.1) is 0 Å². The van der Waals surface area contributed by atoms with Crippen molar-refractivity contribution < 1.29 is 0 Å². The second-order valence-electron chi connectivity index (χ2n) is 4.95. The largest absolute Gasteiger partial charge is 0.345 e. The van der Waals surface area contributed by atoms with E-state index in [4.69, 9.17) is 0 Å². The van der Waals surface area contributed by atoms with Crippen molar-refractivity contribution in [1.29, 1.82) is 0 Å². The van der Waals surface area contributed by atoms with Crippen LogP contribution in [-0.2, 0) is 6.54 Å². The zero-order valence-electron chi connectivity index (χ0n) is 12.3. The average Bonchev–Trinajstić information content (AvgIpc) is 2.46. The lowest BCUT2D eigenvalue weighted by Crippen LogP contribution is -2.13. The Labute approximate surface area is 129 Å². The summed E-state index contributed by atoms with van der Waals surface area (Å²) in [7, 11) is 2.09. The van der Waals surface area contributed by atoms with Crippen LogP contribution in [0.3, 0.4) is 0 Å². The van der Waals surface area contributed by atoms with Crippen LogP contribution in [0, 0.1) is 6.92 Å². The molecule has 3 heteroatoms. The number of benzene rings is 2. The molecule has 0 saturated heterocycles. The lowest BCUT2D eigenvalue weighted by Gasteiger charge is -2.21. The molecule has 0 saturated carbocycles. The maximum absolute atomic E-state index is 3.66. The second kappa shape index (κ2) is 6.91. The van der Waals surface area contributed by atoms with Gasteiger partial charge in [-0.15, -0.1) is 0 Å². The molecule has 0 radical (unpaired) electrons. The summed E-state index contributed by atoms with van der Waals surface area (Å²) in [5, 5.41) is 3.35. The maximum Gasteiger partial charge on any atom is 0.0419 e. The zero-order valence-corrected chi connectivity index (χ0v) is 13.9. The number of hydrogen-bond donors (Lipinski definition) is 1. The van der Waals surface area contributed by atoms with Gasteiger partial charge in [-0.3, -0.25) is 0 Å². The Kier molecular flexibility index (Phi) is 5.21. The molecule has 0 spiro atoms. The quantitative estimate of drug-likeness (QED) is 0.858. The number of anilines is 2. The van der Waals surface area contributed by atoms with Crippen molar-refractivity contribution in [1.82, 2.24) is 5.32 Å². The highest BCUT2D eigenvalue weighted by Crippen LogP contribution is 2.28. The van der Waals surface area contributed by atoms with Gasteiger partial charge in [0.1, 0.15) is 0 Å². The Morgan fingerprint density at radius 2 is 1.70 bits per heavy atom. The first kappa shape index (κ1) is 15.1. The van der Waals surface area contributed by atoms with E-state index in [1.807, 2.05) is 0 Å². The first-order valence-corrected chi connectivity index (χ1v) is 7.70. The van der Waals surface area contributed by atoms with Gasteiger partial charge in [0, 0.05) is 29.4 Å². The maximum atomic E-state index is 3.66. The fourth-order valence-corrected chi connectivity index (χ4v) is 2.57. The van der Waals surface area contributed by atoms with Crippen LogP contribution in [0.1, 0.15) is 18.1 Å². The van der Waals surface area contributed by atoms with Crippen molar-refractivity contribution in [2.45, 2.75) is 20.4 Å². The molecule has 2 aromatic carbocycles. The fourth-order valence-electron chi connectivity index (χ4n) is 2.07. The lowest BCUT2D eigenvalue weighted by atomic mass is 10.1. The van der Waals surface area contributed by atoms with Crippen molar-refractivity contribution in [3.63, 3.8) is 0 Å². The van der Waals surface area contributed by atoms with E-state index in [-0.39, 0.29) is 0 Å². The van der Waals surface area contributed by atoms with Crippen LogP contribution in [0.5, 0.6) is 0 Å². The smallest absolute Gasteiger partial charge is 0.0419 e. The highest BCUT2D eigenvalue weighted by molar-refractivity contribution is 9.10. The Morgan fingerprint density at radius 3 is 2.30 bits per heavy atom. The summed E-state index contributed by atoms with van der Waals surface area (Å²) in [6.45, 7) is 6.10. The van der Waals surface area contributed by atoms with Crippen LogP contribution in [0.2, 0.25) is 0 Å². The van der Waals surface area contributed by atoms with E-state index in [9.17, 15) is 0 Å². The minimum atomic E-state index is 0.894. The summed E-state index contributed by atoms with van der Waals surface area (Å²) < 4.78 is 1.15. The first-order chi connectivity index (χ1) is 9.61. The van der Waals surface area contributed by atoms with Gasteiger partial charge in [-0.1, -0.05) is 46.6 Å². The standard InChI is InChI=1S/C17H21BrN2/c1-4-19-12-14-7-10-16(11-17(14)18)20(3)15-8-5-13(2)6-9-15/h5-11,19H,4,12H2,1-3H3. The topological polar surface area (TPSA) is 15.3 Å². The SMILES string of the molecule is CCNCc1ccc(N(C)c2ccc(C)cc2)cc1Br. The first-order valence-electron chi connectivity index (χ1n) is 6.91. The third-order valence-corrected chi connectivity index (χ3v) is 4.15. The molecule has 0 unspecified atom stereocenters. The lowest BCUT2D eigenvalue weighted by molar-refractivity contribution is 0.725.